The molecule has 0 amide bonds. The second kappa shape index (κ2) is 9.57. The van der Waals surface area contributed by atoms with Gasteiger partial charge in [-0.05, 0) is 44.8 Å². The molecule has 2 aliphatic heterocycles. The average Bonchev–Trinajstić information content (AvgIpc) is 3.15. The van der Waals surface area contributed by atoms with Gasteiger partial charge in [0.25, 0.3) is 0 Å². The van der Waals surface area contributed by atoms with Crippen LogP contribution in [0.15, 0.2) is 24.3 Å². The van der Waals surface area contributed by atoms with Gasteiger partial charge in [-0.1, -0.05) is 37.5 Å². The summed E-state index contributed by atoms with van der Waals surface area (Å²) in [4.78, 5) is 4.87. The lowest BCUT2D eigenvalue weighted by molar-refractivity contribution is -0.107. The number of aliphatic hydroxyl groups excluding tert-OH is 1. The Morgan fingerprint density at radius 1 is 1.00 bits per heavy atom. The molecular formula is C23H36N2O3. The van der Waals surface area contributed by atoms with Crippen molar-refractivity contribution in [2.75, 3.05) is 45.9 Å². The first-order valence-corrected chi connectivity index (χ1v) is 11.2. The van der Waals surface area contributed by atoms with E-state index in [9.17, 15) is 5.11 Å². The van der Waals surface area contributed by atoms with Crippen molar-refractivity contribution in [1.82, 2.24) is 9.80 Å². The van der Waals surface area contributed by atoms with E-state index in [1.807, 2.05) is 12.1 Å². The molecule has 1 N–H and O–H groups in total. The summed E-state index contributed by atoms with van der Waals surface area (Å²) in [6, 6.07) is 8.30. The Balaban J connectivity index is 1.30. The summed E-state index contributed by atoms with van der Waals surface area (Å²) in [5, 5.41) is 10.4. The van der Waals surface area contributed by atoms with Crippen LogP contribution in [0.4, 0.5) is 0 Å². The lowest BCUT2D eigenvalue weighted by atomic mass is 9.99. The first-order chi connectivity index (χ1) is 13.7. The van der Waals surface area contributed by atoms with Crippen molar-refractivity contribution in [1.29, 1.82) is 0 Å². The zero-order chi connectivity index (χ0) is 19.2. The molecule has 1 saturated carbocycles. The molecule has 5 heteroatoms. The normalized spacial score (nSPS) is 24.5. The van der Waals surface area contributed by atoms with Crippen LogP contribution in [0.5, 0.6) is 5.75 Å². The van der Waals surface area contributed by atoms with Crippen molar-refractivity contribution in [2.45, 2.75) is 63.2 Å². The highest BCUT2D eigenvalue weighted by Gasteiger charge is 2.39. The number of hydrogen-bond acceptors (Lipinski definition) is 5. The van der Waals surface area contributed by atoms with Crippen molar-refractivity contribution < 1.29 is 14.6 Å². The van der Waals surface area contributed by atoms with Crippen LogP contribution in [0.2, 0.25) is 0 Å². The van der Waals surface area contributed by atoms with Gasteiger partial charge in [-0.15, -0.1) is 0 Å². The van der Waals surface area contributed by atoms with Crippen molar-refractivity contribution in [3.63, 3.8) is 0 Å². The van der Waals surface area contributed by atoms with Crippen molar-refractivity contribution in [3.05, 3.63) is 29.8 Å². The third-order valence-corrected chi connectivity index (χ3v) is 6.56. The van der Waals surface area contributed by atoms with Gasteiger partial charge >= 0.3 is 0 Å². The van der Waals surface area contributed by atoms with Crippen LogP contribution in [-0.4, -0.2) is 72.5 Å². The Bertz CT molecular complexity index is 612. The molecule has 4 rings (SSSR count). The van der Waals surface area contributed by atoms with Crippen LogP contribution in [0, 0.1) is 0 Å². The molecule has 0 radical (unpaired) electrons. The molecule has 0 unspecified atom stereocenters. The summed E-state index contributed by atoms with van der Waals surface area (Å²) in [6.45, 7) is 7.02. The summed E-state index contributed by atoms with van der Waals surface area (Å²) in [5.41, 5.74) is 1.31. The zero-order valence-corrected chi connectivity index (χ0v) is 17.2. The number of aliphatic hydroxyl groups is 1. The van der Waals surface area contributed by atoms with Crippen LogP contribution in [0.25, 0.3) is 0 Å². The maximum atomic E-state index is 10.4. The monoisotopic (exact) mass is 388 g/mol. The quantitative estimate of drug-likeness (QED) is 0.778. The molecule has 1 aromatic rings. The highest BCUT2D eigenvalue weighted by atomic mass is 16.5. The minimum atomic E-state index is -0.434. The minimum Gasteiger partial charge on any atom is -0.491 e. The van der Waals surface area contributed by atoms with E-state index in [1.54, 1.807) is 0 Å². The molecule has 28 heavy (non-hydrogen) atoms. The maximum absolute atomic E-state index is 10.4. The standard InChI is InChI=1S/C23H36N2O3/c26-21(17-24-12-6-1-7-13-24)18-27-22-9-3-2-8-20(22)16-25-14-15-28-23(19-25)10-4-5-11-23/h2-3,8-9,21,26H,1,4-7,10-19H2/t21-/m1/s1. The maximum Gasteiger partial charge on any atom is 0.123 e. The number of benzene rings is 1. The van der Waals surface area contributed by atoms with Gasteiger partial charge in [0.05, 0.1) is 12.2 Å². The molecule has 1 spiro atoms. The highest BCUT2D eigenvalue weighted by Crippen LogP contribution is 2.36. The number of para-hydroxylation sites is 1. The van der Waals surface area contributed by atoms with Gasteiger partial charge in [0.2, 0.25) is 0 Å². The van der Waals surface area contributed by atoms with E-state index in [-0.39, 0.29) is 5.60 Å². The fourth-order valence-electron chi connectivity index (χ4n) is 5.08. The predicted molar refractivity (Wildman–Crippen MR) is 111 cm³/mol. The van der Waals surface area contributed by atoms with Crippen molar-refractivity contribution in [3.8, 4) is 5.75 Å². The molecule has 156 valence electrons. The Morgan fingerprint density at radius 2 is 1.79 bits per heavy atom. The largest absolute Gasteiger partial charge is 0.491 e. The van der Waals surface area contributed by atoms with Gasteiger partial charge in [-0.2, -0.15) is 0 Å². The molecule has 0 aromatic heterocycles. The van der Waals surface area contributed by atoms with Gasteiger partial charge in [0.15, 0.2) is 0 Å². The van der Waals surface area contributed by atoms with E-state index in [0.717, 1.165) is 45.1 Å². The van der Waals surface area contributed by atoms with Crippen LogP contribution >= 0.6 is 0 Å². The molecule has 3 fully saturated rings. The number of nitrogens with zero attached hydrogens (tertiary/aromatic N) is 2. The van der Waals surface area contributed by atoms with Crippen LogP contribution in [0.1, 0.15) is 50.5 Å². The van der Waals surface area contributed by atoms with E-state index in [1.165, 1.54) is 50.5 Å². The van der Waals surface area contributed by atoms with E-state index < -0.39 is 6.10 Å². The van der Waals surface area contributed by atoms with Crippen LogP contribution in [-0.2, 0) is 11.3 Å². The molecule has 1 atom stereocenters. The van der Waals surface area contributed by atoms with Crippen LogP contribution < -0.4 is 4.74 Å². The van der Waals surface area contributed by atoms with Gasteiger partial charge in [-0.3, -0.25) is 4.90 Å². The lowest BCUT2D eigenvalue weighted by Crippen LogP contribution is -2.49. The molecule has 2 saturated heterocycles. The molecule has 3 aliphatic rings. The summed E-state index contributed by atoms with van der Waals surface area (Å²) < 4.78 is 12.2. The fraction of sp³-hybridized carbons (Fsp3) is 0.739. The number of rotatable bonds is 7. The second-order valence-corrected chi connectivity index (χ2v) is 8.88. The topological polar surface area (TPSA) is 45.2 Å². The lowest BCUT2D eigenvalue weighted by Gasteiger charge is -2.40. The zero-order valence-electron chi connectivity index (χ0n) is 17.2. The van der Waals surface area contributed by atoms with Crippen molar-refractivity contribution >= 4 is 0 Å². The van der Waals surface area contributed by atoms with Gasteiger partial charge in [0.1, 0.15) is 18.5 Å². The predicted octanol–water partition coefficient (Wildman–Crippen LogP) is 3.06. The average molecular weight is 389 g/mol. The molecule has 1 aliphatic carbocycles. The third-order valence-electron chi connectivity index (χ3n) is 6.56. The number of ether oxygens (including phenoxy) is 2. The Morgan fingerprint density at radius 3 is 2.61 bits per heavy atom. The minimum absolute atomic E-state index is 0.0959. The number of piperidine rings is 1. The van der Waals surface area contributed by atoms with E-state index in [0.29, 0.717) is 13.2 Å². The Labute approximate surface area is 169 Å². The Hall–Kier alpha value is -1.14. The summed E-state index contributed by atoms with van der Waals surface area (Å²) in [7, 11) is 0. The van der Waals surface area contributed by atoms with Gasteiger partial charge in [0, 0.05) is 31.7 Å². The molecule has 1 aromatic carbocycles. The van der Waals surface area contributed by atoms with E-state index in [2.05, 4.69) is 21.9 Å². The number of β-amino-alcohol motifs (C(OH)–C–C–N with tert-alkyl or cyclic N) is 1. The number of morpholine rings is 1. The van der Waals surface area contributed by atoms with Crippen LogP contribution in [0.3, 0.4) is 0 Å². The number of likely N-dealkylation sites (tertiary alicyclic amines) is 1. The first-order valence-electron chi connectivity index (χ1n) is 11.2. The summed E-state index contributed by atoms with van der Waals surface area (Å²) in [6.07, 6.45) is 8.37. The molecular weight excluding hydrogens is 352 g/mol. The SMILES string of the molecule is O[C@@H](COc1ccccc1CN1CCOC2(CCCC2)C1)CN1CCCCC1. The van der Waals surface area contributed by atoms with Crippen molar-refractivity contribution in [2.24, 2.45) is 0 Å². The third kappa shape index (κ3) is 5.26. The van der Waals surface area contributed by atoms with Gasteiger partial charge in [-0.25, -0.2) is 0 Å². The molecule has 2 heterocycles. The molecule has 0 bridgehead atoms. The van der Waals surface area contributed by atoms with Gasteiger partial charge < -0.3 is 19.5 Å². The first kappa shape index (κ1) is 20.1. The second-order valence-electron chi connectivity index (χ2n) is 8.88. The fourth-order valence-corrected chi connectivity index (χ4v) is 5.08. The summed E-state index contributed by atoms with van der Waals surface area (Å²) in [5.74, 6) is 0.909. The highest BCUT2D eigenvalue weighted by molar-refractivity contribution is 5.33. The van der Waals surface area contributed by atoms with E-state index >= 15 is 0 Å². The smallest absolute Gasteiger partial charge is 0.123 e. The summed E-state index contributed by atoms with van der Waals surface area (Å²) >= 11 is 0. The Kier molecular flexibility index (Phi) is 6.89. The number of hydrogen-bond donors (Lipinski definition) is 1. The molecule has 5 nitrogen and oxygen atoms in total. The van der Waals surface area contributed by atoms with E-state index in [4.69, 9.17) is 9.47 Å².